The van der Waals surface area contributed by atoms with Crippen LogP contribution in [-0.2, 0) is 24.2 Å². The van der Waals surface area contributed by atoms with Gasteiger partial charge in [-0.1, -0.05) is 5.16 Å². The molecule has 2 aliphatic rings. The summed E-state index contributed by atoms with van der Waals surface area (Å²) >= 11 is 0. The maximum absolute atomic E-state index is 12.1. The molecule has 2 aromatic heterocycles. The second-order valence-electron chi connectivity index (χ2n) is 6.57. The third-order valence-corrected chi connectivity index (χ3v) is 4.47. The number of amides is 1. The van der Waals surface area contributed by atoms with Crippen molar-refractivity contribution >= 4 is 5.91 Å². The molecule has 3 heterocycles. The number of carbonyl (C=O) groups is 1. The monoisotopic (exact) mass is 315 g/mol. The van der Waals surface area contributed by atoms with E-state index in [1.807, 2.05) is 13.1 Å². The summed E-state index contributed by atoms with van der Waals surface area (Å²) in [4.78, 5) is 21.0. The zero-order valence-electron chi connectivity index (χ0n) is 13.3. The minimum Gasteiger partial charge on any atom is -0.352 e. The summed E-state index contributed by atoms with van der Waals surface area (Å²) in [5.41, 5.74) is 1.04. The fraction of sp³-hybridized carbons (Fsp3) is 0.625. The molecule has 1 aliphatic carbocycles. The Morgan fingerprint density at radius 2 is 2.26 bits per heavy atom. The summed E-state index contributed by atoms with van der Waals surface area (Å²) in [6.07, 6.45) is 7.09. The lowest BCUT2D eigenvalue weighted by Gasteiger charge is -2.24. The molecule has 0 bridgehead atoms. The van der Waals surface area contributed by atoms with E-state index in [-0.39, 0.29) is 11.9 Å². The standard InChI is InChI=1S/C16H21N5O2/c1-10-8-21-9-12(4-5-13(21)17-10)18-14(22)6-7-15-19-16(20-23-15)11-2-3-11/h8,11-12H,2-7,9H2,1H3,(H,18,22)/t12-/m1/s1. The predicted octanol–water partition coefficient (Wildman–Crippen LogP) is 1.52. The first kappa shape index (κ1) is 14.4. The van der Waals surface area contributed by atoms with Crippen LogP contribution in [0.4, 0.5) is 0 Å². The summed E-state index contributed by atoms with van der Waals surface area (Å²) in [7, 11) is 0. The number of fused-ring (bicyclic) bond motifs is 1. The molecule has 1 N–H and O–H groups in total. The van der Waals surface area contributed by atoms with Crippen LogP contribution in [0.5, 0.6) is 0 Å². The van der Waals surface area contributed by atoms with Crippen molar-refractivity contribution in [2.45, 2.75) is 64.0 Å². The van der Waals surface area contributed by atoms with Gasteiger partial charge in [0.2, 0.25) is 11.8 Å². The zero-order valence-corrected chi connectivity index (χ0v) is 13.3. The summed E-state index contributed by atoms with van der Waals surface area (Å²) in [5, 5.41) is 7.07. The highest BCUT2D eigenvalue weighted by Gasteiger charge is 2.28. The minimum atomic E-state index is 0.0430. The molecule has 122 valence electrons. The highest BCUT2D eigenvalue weighted by molar-refractivity contribution is 5.76. The molecular weight excluding hydrogens is 294 g/mol. The first-order valence-corrected chi connectivity index (χ1v) is 8.32. The fourth-order valence-electron chi connectivity index (χ4n) is 3.10. The maximum atomic E-state index is 12.1. The van der Waals surface area contributed by atoms with Gasteiger partial charge in [-0.05, 0) is 26.2 Å². The summed E-state index contributed by atoms with van der Waals surface area (Å²) in [5.74, 6) is 3.01. The van der Waals surface area contributed by atoms with E-state index in [1.54, 1.807) is 0 Å². The smallest absolute Gasteiger partial charge is 0.227 e. The van der Waals surface area contributed by atoms with E-state index in [4.69, 9.17) is 4.52 Å². The predicted molar refractivity (Wildman–Crippen MR) is 81.8 cm³/mol. The fourth-order valence-corrected chi connectivity index (χ4v) is 3.10. The highest BCUT2D eigenvalue weighted by atomic mass is 16.5. The van der Waals surface area contributed by atoms with Crippen molar-refractivity contribution in [1.29, 1.82) is 0 Å². The number of carbonyl (C=O) groups excluding carboxylic acids is 1. The van der Waals surface area contributed by atoms with Gasteiger partial charge in [0.1, 0.15) is 5.82 Å². The van der Waals surface area contributed by atoms with E-state index in [9.17, 15) is 4.79 Å². The molecule has 1 amide bonds. The van der Waals surface area contributed by atoms with Crippen molar-refractivity contribution in [1.82, 2.24) is 25.0 Å². The molecular formula is C16H21N5O2. The number of hydrogen-bond acceptors (Lipinski definition) is 5. The Bertz CT molecular complexity index is 716. The van der Waals surface area contributed by atoms with Gasteiger partial charge >= 0.3 is 0 Å². The van der Waals surface area contributed by atoms with Crippen LogP contribution in [0.3, 0.4) is 0 Å². The molecule has 0 saturated heterocycles. The molecule has 7 nitrogen and oxygen atoms in total. The van der Waals surface area contributed by atoms with Crippen molar-refractivity contribution < 1.29 is 9.32 Å². The topological polar surface area (TPSA) is 85.8 Å². The van der Waals surface area contributed by atoms with Gasteiger partial charge in [-0.25, -0.2) is 4.98 Å². The SMILES string of the molecule is Cc1cn2c(n1)CC[C@@H](NC(=O)CCc1nc(C3CC3)no1)C2. The van der Waals surface area contributed by atoms with Gasteiger partial charge < -0.3 is 14.4 Å². The van der Waals surface area contributed by atoms with Gasteiger partial charge in [-0.15, -0.1) is 0 Å². The second kappa shape index (κ2) is 5.79. The molecule has 7 heteroatoms. The number of aryl methyl sites for hydroxylation is 3. The van der Waals surface area contributed by atoms with Crippen molar-refractivity contribution in [2.75, 3.05) is 0 Å². The summed E-state index contributed by atoms with van der Waals surface area (Å²) in [6.45, 7) is 2.80. The normalized spacial score (nSPS) is 20.3. The van der Waals surface area contributed by atoms with Crippen LogP contribution in [0.25, 0.3) is 0 Å². The van der Waals surface area contributed by atoms with Gasteiger partial charge in [-0.2, -0.15) is 4.98 Å². The first-order chi connectivity index (χ1) is 11.2. The quantitative estimate of drug-likeness (QED) is 0.904. The Labute approximate surface area is 134 Å². The summed E-state index contributed by atoms with van der Waals surface area (Å²) in [6, 6.07) is 0.174. The van der Waals surface area contributed by atoms with E-state index >= 15 is 0 Å². The minimum absolute atomic E-state index is 0.0430. The van der Waals surface area contributed by atoms with Gasteiger partial charge in [0.05, 0.1) is 5.69 Å². The number of nitrogens with one attached hydrogen (secondary N) is 1. The molecule has 0 unspecified atom stereocenters. The molecule has 0 spiro atoms. The van der Waals surface area contributed by atoms with E-state index in [0.29, 0.717) is 24.7 Å². The Morgan fingerprint density at radius 1 is 1.39 bits per heavy atom. The van der Waals surface area contributed by atoms with Crippen LogP contribution in [-0.4, -0.2) is 31.6 Å². The van der Waals surface area contributed by atoms with Gasteiger partial charge in [0.25, 0.3) is 0 Å². The van der Waals surface area contributed by atoms with Crippen LogP contribution < -0.4 is 5.32 Å². The van der Waals surface area contributed by atoms with Gasteiger partial charge in [0, 0.05) is 44.0 Å². The molecule has 1 fully saturated rings. The van der Waals surface area contributed by atoms with Gasteiger partial charge in [-0.3, -0.25) is 4.79 Å². The van der Waals surface area contributed by atoms with Crippen molar-refractivity contribution in [3.05, 3.63) is 29.4 Å². The number of rotatable bonds is 5. The lowest BCUT2D eigenvalue weighted by molar-refractivity contribution is -0.122. The Kier molecular flexibility index (Phi) is 3.63. The number of nitrogens with zero attached hydrogens (tertiary/aromatic N) is 4. The van der Waals surface area contributed by atoms with Crippen LogP contribution in [0.1, 0.15) is 54.8 Å². The molecule has 1 saturated carbocycles. The van der Waals surface area contributed by atoms with Crippen molar-refractivity contribution in [3.63, 3.8) is 0 Å². The molecule has 0 radical (unpaired) electrons. The van der Waals surface area contributed by atoms with E-state index in [1.165, 1.54) is 0 Å². The Balaban J connectivity index is 1.26. The molecule has 0 aromatic carbocycles. The number of imidazole rings is 1. The number of aromatic nitrogens is 4. The largest absolute Gasteiger partial charge is 0.352 e. The molecule has 4 rings (SSSR count). The maximum Gasteiger partial charge on any atom is 0.227 e. The average Bonchev–Trinajstić information content (AvgIpc) is 3.14. The van der Waals surface area contributed by atoms with Gasteiger partial charge in [0.15, 0.2) is 5.82 Å². The molecule has 2 aromatic rings. The van der Waals surface area contributed by atoms with Crippen LogP contribution in [0.15, 0.2) is 10.7 Å². The highest BCUT2D eigenvalue weighted by Crippen LogP contribution is 2.38. The molecule has 1 atom stereocenters. The third-order valence-electron chi connectivity index (χ3n) is 4.47. The lowest BCUT2D eigenvalue weighted by Crippen LogP contribution is -2.41. The van der Waals surface area contributed by atoms with Crippen molar-refractivity contribution in [2.24, 2.45) is 0 Å². The molecule has 1 aliphatic heterocycles. The zero-order chi connectivity index (χ0) is 15.8. The van der Waals surface area contributed by atoms with E-state index < -0.39 is 0 Å². The third kappa shape index (κ3) is 3.28. The Hall–Kier alpha value is -2.18. The molecule has 23 heavy (non-hydrogen) atoms. The van der Waals surface area contributed by atoms with Crippen LogP contribution in [0, 0.1) is 6.92 Å². The average molecular weight is 315 g/mol. The summed E-state index contributed by atoms with van der Waals surface area (Å²) < 4.78 is 7.34. The van der Waals surface area contributed by atoms with E-state index in [0.717, 1.165) is 49.6 Å². The van der Waals surface area contributed by atoms with Crippen molar-refractivity contribution in [3.8, 4) is 0 Å². The Morgan fingerprint density at radius 3 is 3.09 bits per heavy atom. The number of hydrogen-bond donors (Lipinski definition) is 1. The van der Waals surface area contributed by atoms with E-state index in [2.05, 4.69) is 25.0 Å². The van der Waals surface area contributed by atoms with Crippen LogP contribution in [0.2, 0.25) is 0 Å². The lowest BCUT2D eigenvalue weighted by atomic mass is 10.1. The second-order valence-corrected chi connectivity index (χ2v) is 6.57. The van der Waals surface area contributed by atoms with Crippen LogP contribution >= 0.6 is 0 Å². The first-order valence-electron chi connectivity index (χ1n) is 8.32.